The van der Waals surface area contributed by atoms with Crippen molar-refractivity contribution in [2.75, 3.05) is 27.3 Å². The number of benzene rings is 2. The first-order valence-electron chi connectivity index (χ1n) is 9.22. The third kappa shape index (κ3) is 4.23. The van der Waals surface area contributed by atoms with Crippen molar-refractivity contribution in [2.45, 2.75) is 18.4 Å². The zero-order valence-electron chi connectivity index (χ0n) is 16.1. The third-order valence-corrected chi connectivity index (χ3v) is 6.24. The van der Waals surface area contributed by atoms with Crippen LogP contribution in [-0.2, 0) is 10.3 Å². The highest BCUT2D eigenvalue weighted by atomic mass is 35.5. The Labute approximate surface area is 176 Å². The van der Waals surface area contributed by atoms with E-state index in [1.807, 2.05) is 42.5 Å². The first kappa shape index (κ1) is 20.8. The molecule has 0 atom stereocenters. The maximum absolute atomic E-state index is 5.88. The highest BCUT2D eigenvalue weighted by Gasteiger charge is 2.39. The molecule has 28 heavy (non-hydrogen) atoms. The number of hydrogen-bond acceptors (Lipinski definition) is 5. The Bertz CT molecular complexity index is 875. The molecule has 148 valence electrons. The van der Waals surface area contributed by atoms with Gasteiger partial charge in [-0.15, -0.1) is 23.7 Å². The molecule has 0 spiro atoms. The molecule has 6 heteroatoms. The Morgan fingerprint density at radius 2 is 1.61 bits per heavy atom. The first-order chi connectivity index (χ1) is 13.2. The van der Waals surface area contributed by atoms with Crippen molar-refractivity contribution in [2.24, 2.45) is 0 Å². The normalized spacial score (nSPS) is 15.8. The third-order valence-electron chi connectivity index (χ3n) is 5.21. The summed E-state index contributed by atoms with van der Waals surface area (Å²) in [6.45, 7) is 1.58. The van der Waals surface area contributed by atoms with Crippen molar-refractivity contribution in [3.63, 3.8) is 0 Å². The van der Waals surface area contributed by atoms with Gasteiger partial charge < -0.3 is 9.47 Å². The molecule has 3 aromatic rings. The van der Waals surface area contributed by atoms with Crippen LogP contribution < -0.4 is 4.74 Å². The van der Waals surface area contributed by atoms with Crippen molar-refractivity contribution in [1.82, 2.24) is 9.88 Å². The van der Waals surface area contributed by atoms with Gasteiger partial charge in [0.2, 0.25) is 0 Å². The predicted octanol–water partition coefficient (Wildman–Crippen LogP) is 5.59. The lowest BCUT2D eigenvalue weighted by atomic mass is 9.89. The van der Waals surface area contributed by atoms with Crippen LogP contribution >= 0.6 is 23.7 Å². The van der Waals surface area contributed by atoms with Crippen molar-refractivity contribution >= 4 is 23.7 Å². The summed E-state index contributed by atoms with van der Waals surface area (Å²) in [5, 5.41) is 3.33. The number of rotatable bonds is 5. The van der Waals surface area contributed by atoms with Gasteiger partial charge in [-0.05, 0) is 63.3 Å². The standard InChI is InChI=1S/C22H24N2O2S.ClH/c1-24(2)22(12-14-25-15-13-22)21-23-20(16-27-21)17-8-10-19(11-9-17)26-18-6-4-3-5-7-18;/h3-11,16H,12-15H2,1-2H3;1H. The van der Waals surface area contributed by atoms with Crippen molar-refractivity contribution in [1.29, 1.82) is 0 Å². The van der Waals surface area contributed by atoms with E-state index in [1.54, 1.807) is 11.3 Å². The van der Waals surface area contributed by atoms with Gasteiger partial charge in [0.25, 0.3) is 0 Å². The van der Waals surface area contributed by atoms with Gasteiger partial charge in [0, 0.05) is 24.2 Å². The average molecular weight is 417 g/mol. The molecule has 0 aliphatic carbocycles. The van der Waals surface area contributed by atoms with Crippen LogP contribution in [0.25, 0.3) is 11.3 Å². The maximum Gasteiger partial charge on any atom is 0.127 e. The SMILES string of the molecule is CN(C)C1(c2nc(-c3ccc(Oc4ccccc4)cc3)cs2)CCOCC1.Cl. The second kappa shape index (κ2) is 9.05. The van der Waals surface area contributed by atoms with Crippen LogP contribution in [0, 0.1) is 0 Å². The molecule has 2 heterocycles. The number of thiazole rings is 1. The first-order valence-corrected chi connectivity index (χ1v) is 10.1. The van der Waals surface area contributed by atoms with Crippen LogP contribution in [0.15, 0.2) is 60.0 Å². The molecule has 0 N–H and O–H groups in total. The van der Waals surface area contributed by atoms with Crippen LogP contribution in [-0.4, -0.2) is 37.2 Å². The molecule has 1 saturated heterocycles. The minimum Gasteiger partial charge on any atom is -0.457 e. The summed E-state index contributed by atoms with van der Waals surface area (Å²) in [7, 11) is 4.28. The summed E-state index contributed by atoms with van der Waals surface area (Å²) in [5.74, 6) is 1.67. The maximum atomic E-state index is 5.88. The summed E-state index contributed by atoms with van der Waals surface area (Å²) in [5.41, 5.74) is 2.12. The Kier molecular flexibility index (Phi) is 6.73. The highest BCUT2D eigenvalue weighted by molar-refractivity contribution is 7.10. The summed E-state index contributed by atoms with van der Waals surface area (Å²) in [6, 6.07) is 18.0. The van der Waals surface area contributed by atoms with E-state index in [2.05, 4.69) is 36.5 Å². The Balaban J connectivity index is 0.00000225. The zero-order chi connectivity index (χ0) is 18.7. The largest absolute Gasteiger partial charge is 0.457 e. The van der Waals surface area contributed by atoms with Gasteiger partial charge in [-0.2, -0.15) is 0 Å². The highest BCUT2D eigenvalue weighted by Crippen LogP contribution is 2.39. The molecule has 4 rings (SSSR count). The van der Waals surface area contributed by atoms with Gasteiger partial charge >= 0.3 is 0 Å². The molecule has 1 aliphatic heterocycles. The van der Waals surface area contributed by atoms with Crippen LogP contribution in [0.2, 0.25) is 0 Å². The van der Waals surface area contributed by atoms with Gasteiger partial charge in [-0.1, -0.05) is 18.2 Å². The predicted molar refractivity (Wildman–Crippen MR) is 117 cm³/mol. The molecule has 1 fully saturated rings. The van der Waals surface area contributed by atoms with E-state index in [1.165, 1.54) is 5.01 Å². The van der Waals surface area contributed by atoms with E-state index in [4.69, 9.17) is 14.5 Å². The molecule has 0 radical (unpaired) electrons. The Hall–Kier alpha value is -1.92. The molecule has 2 aromatic carbocycles. The van der Waals surface area contributed by atoms with Gasteiger partial charge in [-0.3, -0.25) is 4.90 Å². The topological polar surface area (TPSA) is 34.6 Å². The summed E-state index contributed by atoms with van der Waals surface area (Å²) in [6.07, 6.45) is 1.97. The molecule has 0 saturated carbocycles. The number of hydrogen-bond donors (Lipinski definition) is 0. The molecular formula is C22H25ClN2O2S. The summed E-state index contributed by atoms with van der Waals surface area (Å²) in [4.78, 5) is 7.29. The van der Waals surface area contributed by atoms with E-state index < -0.39 is 0 Å². The molecule has 1 aliphatic rings. The zero-order valence-corrected chi connectivity index (χ0v) is 17.8. The number of aromatic nitrogens is 1. The fourth-order valence-corrected chi connectivity index (χ4v) is 4.67. The van der Waals surface area contributed by atoms with E-state index in [-0.39, 0.29) is 17.9 Å². The molecule has 0 amide bonds. The van der Waals surface area contributed by atoms with Crippen LogP contribution in [0.4, 0.5) is 0 Å². The van der Waals surface area contributed by atoms with Crippen molar-refractivity contribution in [3.05, 3.63) is 65.0 Å². The fraction of sp³-hybridized carbons (Fsp3) is 0.318. The van der Waals surface area contributed by atoms with E-state index in [0.717, 1.165) is 48.8 Å². The van der Waals surface area contributed by atoms with E-state index in [9.17, 15) is 0 Å². The van der Waals surface area contributed by atoms with E-state index in [0.29, 0.717) is 0 Å². The number of para-hydroxylation sites is 1. The van der Waals surface area contributed by atoms with Gasteiger partial charge in [0.05, 0.1) is 11.2 Å². The minimum atomic E-state index is -0.0163. The minimum absolute atomic E-state index is 0. The second-order valence-electron chi connectivity index (χ2n) is 7.02. The Morgan fingerprint density at radius 1 is 0.964 bits per heavy atom. The van der Waals surface area contributed by atoms with Crippen LogP contribution in [0.5, 0.6) is 11.5 Å². The number of ether oxygens (including phenoxy) is 2. The average Bonchev–Trinajstić information content (AvgIpc) is 3.20. The van der Waals surface area contributed by atoms with E-state index >= 15 is 0 Å². The van der Waals surface area contributed by atoms with Gasteiger partial charge in [0.15, 0.2) is 0 Å². The lowest BCUT2D eigenvalue weighted by Gasteiger charge is -2.41. The fourth-order valence-electron chi connectivity index (χ4n) is 3.50. The second-order valence-corrected chi connectivity index (χ2v) is 7.87. The van der Waals surface area contributed by atoms with Crippen molar-refractivity contribution < 1.29 is 9.47 Å². The molecule has 4 nitrogen and oxygen atoms in total. The quantitative estimate of drug-likeness (QED) is 0.542. The summed E-state index contributed by atoms with van der Waals surface area (Å²) >= 11 is 1.75. The van der Waals surface area contributed by atoms with Gasteiger partial charge in [0.1, 0.15) is 16.5 Å². The smallest absolute Gasteiger partial charge is 0.127 e. The number of halogens is 1. The molecular weight excluding hydrogens is 392 g/mol. The molecule has 0 bridgehead atoms. The monoisotopic (exact) mass is 416 g/mol. The Morgan fingerprint density at radius 3 is 2.25 bits per heavy atom. The van der Waals surface area contributed by atoms with Crippen LogP contribution in [0.3, 0.4) is 0 Å². The van der Waals surface area contributed by atoms with Gasteiger partial charge in [-0.25, -0.2) is 4.98 Å². The van der Waals surface area contributed by atoms with Crippen molar-refractivity contribution in [3.8, 4) is 22.8 Å². The lowest BCUT2D eigenvalue weighted by Crippen LogP contribution is -2.45. The molecule has 1 aromatic heterocycles. The lowest BCUT2D eigenvalue weighted by molar-refractivity contribution is -0.0106. The summed E-state index contributed by atoms with van der Waals surface area (Å²) < 4.78 is 11.5. The number of nitrogens with zero attached hydrogens (tertiary/aromatic N) is 2. The van der Waals surface area contributed by atoms with Crippen LogP contribution in [0.1, 0.15) is 17.8 Å². The molecule has 0 unspecified atom stereocenters.